The predicted octanol–water partition coefficient (Wildman–Crippen LogP) is 3.81. The van der Waals surface area contributed by atoms with Crippen molar-refractivity contribution in [3.8, 4) is 0 Å². The molecule has 0 aliphatic heterocycles. The van der Waals surface area contributed by atoms with Crippen molar-refractivity contribution in [3.05, 3.63) is 12.2 Å². The highest BCUT2D eigenvalue weighted by atomic mass is 32.3. The van der Waals surface area contributed by atoms with E-state index in [9.17, 15) is 36.2 Å². The van der Waals surface area contributed by atoms with Crippen molar-refractivity contribution in [2.45, 2.75) is 97.4 Å². The lowest BCUT2D eigenvalue weighted by Gasteiger charge is -2.63. The zero-order valence-corrected chi connectivity index (χ0v) is 25.0. The quantitative estimate of drug-likeness (QED) is 0.228. The summed E-state index contributed by atoms with van der Waals surface area (Å²) < 4.78 is 73.6. The summed E-state index contributed by atoms with van der Waals surface area (Å²) in [6.45, 7) is 8.36. The van der Waals surface area contributed by atoms with Crippen LogP contribution >= 0.6 is 0 Å². The maximum Gasteiger partial charge on any atom is 0.397 e. The molecule has 0 aromatic rings. The van der Waals surface area contributed by atoms with Crippen LogP contribution in [0.1, 0.15) is 79.1 Å². The summed E-state index contributed by atoms with van der Waals surface area (Å²) >= 11 is 0. The first kappa shape index (κ1) is 31.3. The van der Waals surface area contributed by atoms with Crippen molar-refractivity contribution >= 4 is 20.8 Å². The molecule has 12 heteroatoms. The minimum absolute atomic E-state index is 0.0679. The van der Waals surface area contributed by atoms with E-state index in [1.807, 2.05) is 6.08 Å². The number of fused-ring (bicyclic) bond motifs is 5. The fraction of sp³-hybridized carbons (Fsp3) is 0.926. The Bertz CT molecular complexity index is 1120. The fourth-order valence-corrected chi connectivity index (χ4v) is 10.3. The number of allylic oxidation sites excluding steroid dienone is 1. The smallest absolute Gasteiger partial charge is 0.393 e. The van der Waals surface area contributed by atoms with Gasteiger partial charge in [-0.05, 0) is 97.7 Å². The third-order valence-corrected chi connectivity index (χ3v) is 11.8. The normalized spacial score (nSPS) is 43.7. The predicted molar refractivity (Wildman–Crippen MR) is 144 cm³/mol. The summed E-state index contributed by atoms with van der Waals surface area (Å²) in [6.07, 6.45) is 6.83. The number of rotatable bonds is 9. The van der Waals surface area contributed by atoms with Crippen molar-refractivity contribution in [1.29, 1.82) is 0 Å². The maximum atomic E-state index is 11.7. The van der Waals surface area contributed by atoms with E-state index in [1.165, 1.54) is 0 Å². The average molecular weight is 595 g/mol. The van der Waals surface area contributed by atoms with E-state index in [0.29, 0.717) is 31.1 Å². The molecule has 11 unspecified atom stereocenters. The first-order chi connectivity index (χ1) is 18.0. The number of hydrogen-bond donors (Lipinski definition) is 4. The highest BCUT2D eigenvalue weighted by Gasteiger charge is 2.65. The van der Waals surface area contributed by atoms with Crippen LogP contribution in [-0.4, -0.2) is 61.1 Å². The second kappa shape index (κ2) is 11.2. The Morgan fingerprint density at radius 3 is 2.21 bits per heavy atom. The summed E-state index contributed by atoms with van der Waals surface area (Å²) in [5.74, 6) is 0.453. The van der Waals surface area contributed by atoms with E-state index in [1.54, 1.807) is 0 Å². The van der Waals surface area contributed by atoms with Gasteiger partial charge in [0.15, 0.2) is 0 Å². The molecule has 0 aromatic heterocycles. The molecule has 39 heavy (non-hydrogen) atoms. The largest absolute Gasteiger partial charge is 0.397 e. The Kier molecular flexibility index (Phi) is 9.03. The van der Waals surface area contributed by atoms with E-state index < -0.39 is 44.5 Å². The van der Waals surface area contributed by atoms with Crippen LogP contribution in [0.4, 0.5) is 0 Å². The molecule has 4 rings (SSSR count). The van der Waals surface area contributed by atoms with Crippen LogP contribution in [0.25, 0.3) is 0 Å². The second-order valence-corrected chi connectivity index (χ2v) is 15.6. The van der Waals surface area contributed by atoms with Gasteiger partial charge in [-0.25, -0.2) is 8.37 Å². The van der Waals surface area contributed by atoms with Gasteiger partial charge in [0, 0.05) is 5.92 Å². The number of aliphatic hydroxyl groups is 2. The van der Waals surface area contributed by atoms with Crippen molar-refractivity contribution in [2.75, 3.05) is 6.61 Å². The molecule has 0 radical (unpaired) electrons. The molecule has 11 atom stereocenters. The Morgan fingerprint density at radius 2 is 1.59 bits per heavy atom. The minimum atomic E-state index is -4.69. The summed E-state index contributed by atoms with van der Waals surface area (Å²) in [4.78, 5) is 0. The summed E-state index contributed by atoms with van der Waals surface area (Å²) in [5.41, 5.74) is -0.673. The fourth-order valence-electron chi connectivity index (χ4n) is 9.43. The van der Waals surface area contributed by atoms with Crippen molar-refractivity contribution in [2.24, 2.45) is 52.3 Å². The molecule has 4 aliphatic rings. The molecule has 0 spiro atoms. The summed E-state index contributed by atoms with van der Waals surface area (Å²) in [5, 5.41) is 22.8. The number of aliphatic hydroxyl groups excluding tert-OH is 2. The SMILES string of the molecule is CC(C)CC=CC(COS(=O)(=O)O)C1CCC2C3CCC4C(O)C(OS(=O)(=O)O)CCC4(C)C3C(O)CC12C. The lowest BCUT2D eigenvalue weighted by atomic mass is 9.43. The lowest BCUT2D eigenvalue weighted by molar-refractivity contribution is -0.204. The zero-order valence-electron chi connectivity index (χ0n) is 23.3. The average Bonchev–Trinajstić information content (AvgIpc) is 3.12. The minimum Gasteiger partial charge on any atom is -0.393 e. The van der Waals surface area contributed by atoms with Crippen LogP contribution in [0.3, 0.4) is 0 Å². The first-order valence-electron chi connectivity index (χ1n) is 14.3. The van der Waals surface area contributed by atoms with E-state index in [-0.39, 0.29) is 48.0 Å². The van der Waals surface area contributed by atoms with Crippen molar-refractivity contribution < 1.29 is 44.5 Å². The third kappa shape index (κ3) is 6.43. The highest BCUT2D eigenvalue weighted by Crippen LogP contribution is 2.68. The maximum absolute atomic E-state index is 11.7. The molecule has 4 saturated carbocycles. The van der Waals surface area contributed by atoms with E-state index >= 15 is 0 Å². The Morgan fingerprint density at radius 1 is 0.923 bits per heavy atom. The first-order valence-corrected chi connectivity index (χ1v) is 17.0. The summed E-state index contributed by atoms with van der Waals surface area (Å²) in [7, 11) is -9.27. The van der Waals surface area contributed by atoms with Crippen LogP contribution in [0.15, 0.2) is 12.2 Å². The van der Waals surface area contributed by atoms with Crippen LogP contribution in [0.5, 0.6) is 0 Å². The van der Waals surface area contributed by atoms with Gasteiger partial charge >= 0.3 is 20.8 Å². The molecule has 0 heterocycles. The highest BCUT2D eigenvalue weighted by molar-refractivity contribution is 7.81. The van der Waals surface area contributed by atoms with Gasteiger partial charge in [0.25, 0.3) is 0 Å². The monoisotopic (exact) mass is 594 g/mol. The van der Waals surface area contributed by atoms with Crippen LogP contribution in [0, 0.1) is 52.3 Å². The third-order valence-electron chi connectivity index (χ3n) is 10.9. The Hall–Kier alpha value is -0.600. The van der Waals surface area contributed by atoms with Gasteiger partial charge in [-0.1, -0.05) is 39.8 Å². The molecular weight excluding hydrogens is 548 g/mol. The molecule has 4 N–H and O–H groups in total. The Labute approximate surface area is 233 Å². The number of hydrogen-bond acceptors (Lipinski definition) is 8. The molecule has 10 nitrogen and oxygen atoms in total. The van der Waals surface area contributed by atoms with E-state index in [2.05, 4.69) is 33.8 Å². The standard InChI is InChI=1S/C27H46O10S2/c1-16(2)6-5-7-17(15-36-38(30,31)32)19-10-11-20-18-8-9-21-25(29)23(37-39(33,34)35)12-13-26(21,3)24(18)22(28)14-27(19,20)4/h5,7,16-25,28-29H,6,8-15H2,1-4H3,(H,30,31,32)(H,33,34,35). The molecule has 0 aromatic carbocycles. The molecule has 0 bridgehead atoms. The van der Waals surface area contributed by atoms with Crippen LogP contribution in [-0.2, 0) is 29.2 Å². The van der Waals surface area contributed by atoms with Gasteiger partial charge in [-0.15, -0.1) is 0 Å². The van der Waals surface area contributed by atoms with Gasteiger partial charge in [-0.2, -0.15) is 16.8 Å². The summed E-state index contributed by atoms with van der Waals surface area (Å²) in [6, 6.07) is 0. The van der Waals surface area contributed by atoms with Gasteiger partial charge in [0.2, 0.25) is 0 Å². The molecule has 4 fully saturated rings. The van der Waals surface area contributed by atoms with Crippen molar-refractivity contribution in [3.63, 3.8) is 0 Å². The molecule has 0 saturated heterocycles. The molecule has 226 valence electrons. The van der Waals surface area contributed by atoms with Gasteiger partial charge in [-0.3, -0.25) is 9.11 Å². The molecule has 4 aliphatic carbocycles. The lowest BCUT2D eigenvalue weighted by Crippen LogP contribution is -2.62. The van der Waals surface area contributed by atoms with Gasteiger partial charge in [0.05, 0.1) is 18.8 Å². The van der Waals surface area contributed by atoms with Crippen molar-refractivity contribution in [1.82, 2.24) is 0 Å². The van der Waals surface area contributed by atoms with E-state index in [4.69, 9.17) is 8.37 Å². The van der Waals surface area contributed by atoms with Gasteiger partial charge < -0.3 is 10.2 Å². The van der Waals surface area contributed by atoms with E-state index in [0.717, 1.165) is 25.7 Å². The molecule has 0 amide bonds. The van der Waals surface area contributed by atoms with Crippen LogP contribution < -0.4 is 0 Å². The van der Waals surface area contributed by atoms with Gasteiger partial charge in [0.1, 0.15) is 6.10 Å². The zero-order chi connectivity index (χ0) is 29.0. The second-order valence-electron chi connectivity index (χ2n) is 13.5. The topological polar surface area (TPSA) is 168 Å². The Balaban J connectivity index is 1.58. The molecular formula is C27H46O10S2. The van der Waals surface area contributed by atoms with Crippen LogP contribution in [0.2, 0.25) is 0 Å².